The van der Waals surface area contributed by atoms with E-state index in [1.54, 1.807) is 0 Å². The van der Waals surface area contributed by atoms with E-state index in [9.17, 15) is 9.59 Å². The fourth-order valence-corrected chi connectivity index (χ4v) is 1.75. The molecule has 0 aromatic heterocycles. The highest BCUT2D eigenvalue weighted by Gasteiger charge is 2.21. The zero-order chi connectivity index (χ0) is 13.5. The first kappa shape index (κ1) is 14.2. The number of carbonyl (C=O) groups is 2. The van der Waals surface area contributed by atoms with Crippen LogP contribution in [-0.2, 0) is 16.0 Å². The first-order valence-electron chi connectivity index (χ1n) is 6.05. The van der Waals surface area contributed by atoms with Crippen molar-refractivity contribution in [2.45, 2.75) is 32.7 Å². The molecule has 1 atom stereocenters. The molecular weight excluding hydrogens is 230 g/mol. The first-order valence-corrected chi connectivity index (χ1v) is 6.05. The van der Waals surface area contributed by atoms with E-state index < -0.39 is 11.9 Å². The van der Waals surface area contributed by atoms with E-state index in [0.717, 1.165) is 5.56 Å². The Kier molecular flexibility index (Phi) is 5.36. The molecule has 98 valence electrons. The van der Waals surface area contributed by atoms with Gasteiger partial charge in [0.2, 0.25) is 5.91 Å². The Morgan fingerprint density at radius 1 is 1.22 bits per heavy atom. The first-order chi connectivity index (χ1) is 8.49. The molecule has 18 heavy (non-hydrogen) atoms. The Hall–Kier alpha value is -1.84. The molecule has 1 aromatic rings. The summed E-state index contributed by atoms with van der Waals surface area (Å²) in [6, 6.07) is 9.38. The van der Waals surface area contributed by atoms with Gasteiger partial charge in [0, 0.05) is 12.5 Å². The molecular formula is C14H19NO3. The maximum absolute atomic E-state index is 11.6. The van der Waals surface area contributed by atoms with Crippen LogP contribution >= 0.6 is 0 Å². The highest BCUT2D eigenvalue weighted by atomic mass is 16.4. The van der Waals surface area contributed by atoms with Crippen molar-refractivity contribution in [2.75, 3.05) is 0 Å². The molecule has 0 saturated heterocycles. The number of hydrogen-bond donors (Lipinski definition) is 2. The van der Waals surface area contributed by atoms with Crippen molar-refractivity contribution >= 4 is 11.9 Å². The van der Waals surface area contributed by atoms with Gasteiger partial charge in [0.15, 0.2) is 0 Å². The Bertz CT molecular complexity index is 401. The molecule has 0 radical (unpaired) electrons. The molecule has 0 aliphatic carbocycles. The second-order valence-corrected chi connectivity index (χ2v) is 4.65. The number of aliphatic carboxylic acids is 1. The van der Waals surface area contributed by atoms with Gasteiger partial charge in [0.05, 0.1) is 5.92 Å². The van der Waals surface area contributed by atoms with Crippen LogP contribution in [0.5, 0.6) is 0 Å². The summed E-state index contributed by atoms with van der Waals surface area (Å²) < 4.78 is 0. The molecule has 0 fully saturated rings. The van der Waals surface area contributed by atoms with E-state index in [-0.39, 0.29) is 18.4 Å². The highest BCUT2D eigenvalue weighted by molar-refractivity contribution is 5.82. The molecule has 0 heterocycles. The molecule has 0 spiro atoms. The van der Waals surface area contributed by atoms with Crippen LogP contribution in [0.4, 0.5) is 0 Å². The van der Waals surface area contributed by atoms with Gasteiger partial charge in [0.25, 0.3) is 0 Å². The molecule has 1 unspecified atom stereocenters. The van der Waals surface area contributed by atoms with Crippen molar-refractivity contribution in [3.63, 3.8) is 0 Å². The van der Waals surface area contributed by atoms with Crippen LogP contribution in [0.25, 0.3) is 0 Å². The number of nitrogens with one attached hydrogen (secondary N) is 1. The van der Waals surface area contributed by atoms with E-state index >= 15 is 0 Å². The van der Waals surface area contributed by atoms with Crippen molar-refractivity contribution < 1.29 is 14.7 Å². The SMILES string of the molecule is CC(C)NC(=O)CC(Cc1ccccc1)C(=O)O. The molecule has 0 bridgehead atoms. The summed E-state index contributed by atoms with van der Waals surface area (Å²) in [7, 11) is 0. The summed E-state index contributed by atoms with van der Waals surface area (Å²) in [5.74, 6) is -1.82. The van der Waals surface area contributed by atoms with Crippen LogP contribution in [0.2, 0.25) is 0 Å². The van der Waals surface area contributed by atoms with Crippen LogP contribution in [0.3, 0.4) is 0 Å². The lowest BCUT2D eigenvalue weighted by molar-refractivity contribution is -0.144. The molecule has 1 amide bonds. The van der Waals surface area contributed by atoms with Gasteiger partial charge in [-0.3, -0.25) is 9.59 Å². The van der Waals surface area contributed by atoms with Crippen LogP contribution in [0.1, 0.15) is 25.8 Å². The summed E-state index contributed by atoms with van der Waals surface area (Å²) >= 11 is 0. The van der Waals surface area contributed by atoms with Gasteiger partial charge in [-0.2, -0.15) is 0 Å². The van der Waals surface area contributed by atoms with E-state index in [1.165, 1.54) is 0 Å². The standard InChI is InChI=1S/C14H19NO3/c1-10(2)15-13(16)9-12(14(17)18)8-11-6-4-3-5-7-11/h3-7,10,12H,8-9H2,1-2H3,(H,15,16)(H,17,18). The van der Waals surface area contributed by atoms with E-state index in [0.29, 0.717) is 6.42 Å². The van der Waals surface area contributed by atoms with Crippen molar-refractivity contribution in [1.82, 2.24) is 5.32 Å². The third-order valence-corrected chi connectivity index (χ3v) is 2.56. The van der Waals surface area contributed by atoms with E-state index in [4.69, 9.17) is 5.11 Å². The van der Waals surface area contributed by atoms with Gasteiger partial charge < -0.3 is 10.4 Å². The molecule has 4 heteroatoms. The quantitative estimate of drug-likeness (QED) is 0.808. The predicted molar refractivity (Wildman–Crippen MR) is 69.2 cm³/mol. The number of hydrogen-bond acceptors (Lipinski definition) is 2. The van der Waals surface area contributed by atoms with Gasteiger partial charge >= 0.3 is 5.97 Å². The molecule has 0 aliphatic heterocycles. The Morgan fingerprint density at radius 2 is 1.83 bits per heavy atom. The molecule has 0 saturated carbocycles. The van der Waals surface area contributed by atoms with Gasteiger partial charge in [-0.15, -0.1) is 0 Å². The minimum absolute atomic E-state index is 0.0163. The summed E-state index contributed by atoms with van der Waals surface area (Å²) in [5, 5.41) is 11.8. The fraction of sp³-hybridized carbons (Fsp3) is 0.429. The second-order valence-electron chi connectivity index (χ2n) is 4.65. The number of carboxylic acid groups (broad SMARTS) is 1. The topological polar surface area (TPSA) is 66.4 Å². The molecule has 1 rings (SSSR count). The summed E-state index contributed by atoms with van der Waals surface area (Å²) in [4.78, 5) is 22.7. The number of benzene rings is 1. The van der Waals surface area contributed by atoms with Crippen molar-refractivity contribution in [2.24, 2.45) is 5.92 Å². The predicted octanol–water partition coefficient (Wildman–Crippen LogP) is 1.84. The number of carbonyl (C=O) groups excluding carboxylic acids is 1. The molecule has 4 nitrogen and oxygen atoms in total. The summed E-state index contributed by atoms with van der Waals surface area (Å²) in [6.45, 7) is 3.70. The van der Waals surface area contributed by atoms with Crippen LogP contribution in [0, 0.1) is 5.92 Å². The van der Waals surface area contributed by atoms with E-state index in [2.05, 4.69) is 5.32 Å². The van der Waals surface area contributed by atoms with Crippen LogP contribution < -0.4 is 5.32 Å². The van der Waals surface area contributed by atoms with Gasteiger partial charge in [-0.25, -0.2) is 0 Å². The minimum atomic E-state index is -0.933. The van der Waals surface area contributed by atoms with Crippen molar-refractivity contribution in [3.8, 4) is 0 Å². The lowest BCUT2D eigenvalue weighted by atomic mass is 9.96. The number of amides is 1. The zero-order valence-corrected chi connectivity index (χ0v) is 10.7. The molecule has 2 N–H and O–H groups in total. The third-order valence-electron chi connectivity index (χ3n) is 2.56. The smallest absolute Gasteiger partial charge is 0.307 e. The monoisotopic (exact) mass is 249 g/mol. The number of carboxylic acids is 1. The van der Waals surface area contributed by atoms with Gasteiger partial charge in [0.1, 0.15) is 0 Å². The Balaban J connectivity index is 2.61. The summed E-state index contributed by atoms with van der Waals surface area (Å²) in [5.41, 5.74) is 0.933. The fourth-order valence-electron chi connectivity index (χ4n) is 1.75. The third kappa shape index (κ3) is 4.99. The molecule has 1 aromatic carbocycles. The highest BCUT2D eigenvalue weighted by Crippen LogP contribution is 2.13. The second kappa shape index (κ2) is 6.79. The minimum Gasteiger partial charge on any atom is -0.481 e. The average Bonchev–Trinajstić information content (AvgIpc) is 2.28. The molecule has 0 aliphatic rings. The summed E-state index contributed by atoms with van der Waals surface area (Å²) in [6.07, 6.45) is 0.393. The maximum atomic E-state index is 11.6. The van der Waals surface area contributed by atoms with Gasteiger partial charge in [-0.1, -0.05) is 30.3 Å². The van der Waals surface area contributed by atoms with Crippen LogP contribution in [0.15, 0.2) is 30.3 Å². The largest absolute Gasteiger partial charge is 0.481 e. The van der Waals surface area contributed by atoms with Gasteiger partial charge in [-0.05, 0) is 25.8 Å². The number of rotatable bonds is 6. The maximum Gasteiger partial charge on any atom is 0.307 e. The average molecular weight is 249 g/mol. The Labute approximate surface area is 107 Å². The van der Waals surface area contributed by atoms with Crippen molar-refractivity contribution in [1.29, 1.82) is 0 Å². The van der Waals surface area contributed by atoms with Crippen LogP contribution in [-0.4, -0.2) is 23.0 Å². The zero-order valence-electron chi connectivity index (χ0n) is 10.7. The lowest BCUT2D eigenvalue weighted by Crippen LogP contribution is -2.33. The normalized spacial score (nSPS) is 12.2. The lowest BCUT2D eigenvalue weighted by Gasteiger charge is -2.14. The van der Waals surface area contributed by atoms with Crippen molar-refractivity contribution in [3.05, 3.63) is 35.9 Å². The Morgan fingerprint density at radius 3 is 2.33 bits per heavy atom. The van der Waals surface area contributed by atoms with E-state index in [1.807, 2.05) is 44.2 Å².